The Morgan fingerprint density at radius 3 is 2.37 bits per heavy atom. The number of fused-ring (bicyclic) bond motifs is 1. The van der Waals surface area contributed by atoms with Crippen molar-refractivity contribution in [3.05, 3.63) is 67.6 Å². The lowest BCUT2D eigenvalue weighted by Crippen LogP contribution is -2.33. The number of aryl methyl sites for hydroxylation is 1. The van der Waals surface area contributed by atoms with Gasteiger partial charge in [-0.05, 0) is 49.7 Å². The fraction of sp³-hybridized carbons (Fsp3) is 0.174. The van der Waals surface area contributed by atoms with Gasteiger partial charge in [0.1, 0.15) is 24.3 Å². The van der Waals surface area contributed by atoms with Crippen LogP contribution < -0.4 is 24.7 Å². The van der Waals surface area contributed by atoms with Gasteiger partial charge in [0.2, 0.25) is 0 Å². The van der Waals surface area contributed by atoms with Gasteiger partial charge < -0.3 is 14.0 Å². The summed E-state index contributed by atoms with van der Waals surface area (Å²) in [5, 5.41) is 6.35. The summed E-state index contributed by atoms with van der Waals surface area (Å²) in [7, 11) is -1.09. The first-order valence-electron chi connectivity index (χ1n) is 10.4. The maximum absolute atomic E-state index is 13.5. The molecule has 180 valence electrons. The van der Waals surface area contributed by atoms with E-state index in [2.05, 4.69) is 5.10 Å². The third-order valence-corrected chi connectivity index (χ3v) is 9.29. The second-order valence-electron chi connectivity index (χ2n) is 8.11. The molecule has 0 radical (unpaired) electrons. The fourth-order valence-electron chi connectivity index (χ4n) is 4.05. The first kappa shape index (κ1) is 23.5. The van der Waals surface area contributed by atoms with E-state index in [-0.39, 0.29) is 10.5 Å². The summed E-state index contributed by atoms with van der Waals surface area (Å²) in [4.78, 5) is 29.3. The highest BCUT2D eigenvalue weighted by atomic mass is 32.2. The molecule has 0 unspecified atom stereocenters. The molecule has 0 spiro atoms. The van der Waals surface area contributed by atoms with Crippen molar-refractivity contribution in [3.8, 4) is 0 Å². The first-order chi connectivity index (χ1) is 16.5. The van der Waals surface area contributed by atoms with Crippen molar-refractivity contribution in [1.82, 2.24) is 4.57 Å². The van der Waals surface area contributed by atoms with Gasteiger partial charge in [-0.25, -0.2) is 8.42 Å². The molecule has 0 N–H and O–H groups in total. The number of benzene rings is 2. The van der Waals surface area contributed by atoms with Crippen LogP contribution in [0.5, 0.6) is 0 Å². The summed E-state index contributed by atoms with van der Waals surface area (Å²) in [5.74, 6) is -0.438. The van der Waals surface area contributed by atoms with E-state index >= 15 is 0 Å². The molecule has 5 rings (SSSR count). The van der Waals surface area contributed by atoms with Crippen molar-refractivity contribution >= 4 is 66.8 Å². The monoisotopic (exact) mass is 527 g/mol. The number of amides is 1. The van der Waals surface area contributed by atoms with Gasteiger partial charge in [0.25, 0.3) is 11.5 Å². The number of carbonyl (C=O) groups excluding carboxylic acids is 1. The van der Waals surface area contributed by atoms with E-state index in [1.807, 2.05) is 36.2 Å². The van der Waals surface area contributed by atoms with Gasteiger partial charge in [-0.3, -0.25) is 9.59 Å². The van der Waals surface area contributed by atoms with Crippen LogP contribution in [-0.4, -0.2) is 36.2 Å². The number of anilines is 2. The summed E-state index contributed by atoms with van der Waals surface area (Å²) in [6.45, 7) is 3.28. The second-order valence-corrected chi connectivity index (χ2v) is 11.5. The van der Waals surface area contributed by atoms with Crippen molar-refractivity contribution in [3.63, 3.8) is 0 Å². The van der Waals surface area contributed by atoms with Gasteiger partial charge in [0.05, 0.1) is 27.6 Å². The molecule has 0 fully saturated rings. The molecule has 1 aromatic heterocycles. The fourth-order valence-corrected chi connectivity index (χ4v) is 7.13. The molecule has 1 amide bonds. The third-order valence-electron chi connectivity index (χ3n) is 5.85. The molecule has 2 aliphatic rings. The van der Waals surface area contributed by atoms with E-state index in [1.54, 1.807) is 20.9 Å². The molecule has 35 heavy (non-hydrogen) atoms. The Kier molecular flexibility index (Phi) is 5.51. The number of hydrazone groups is 1. The van der Waals surface area contributed by atoms with Crippen LogP contribution in [0.4, 0.5) is 11.4 Å². The number of hydrogen-bond donors (Lipinski definition) is 0. The van der Waals surface area contributed by atoms with Crippen molar-refractivity contribution in [2.75, 3.05) is 17.0 Å². The molecule has 9 nitrogen and oxygen atoms in total. The standard InChI is InChI=1S/C23H20N4O5S3/c1-12-11-14(35(30,31)32)9-10-15(12)27-20(28)18(13(2)24-27)22-26(4)21(29)19(34-22)23-25(3)16-7-5-6-8-17(16)33-23/h5-11H,1-4H3,(H,30,31,32)/p-1. The zero-order chi connectivity index (χ0) is 25.2. The Labute approximate surface area is 209 Å². The smallest absolute Gasteiger partial charge is 0.283 e. The molecule has 3 aromatic rings. The average Bonchev–Trinajstić information content (AvgIpc) is 3.39. The SMILES string of the molecule is CC1=NN(c2ccc(S(=O)(=O)[O-])cc2C)C(=O)C1=c1sc(=C2Sc3ccccc3N2C)c(=O)n1C. The minimum absolute atomic E-state index is 0.208. The van der Waals surface area contributed by atoms with Crippen LogP contribution in [0.25, 0.3) is 10.6 Å². The van der Waals surface area contributed by atoms with Crippen LogP contribution in [0.15, 0.2) is 62.2 Å². The molecule has 2 aromatic carbocycles. The number of nitrogens with zero attached hydrogens (tertiary/aromatic N) is 4. The molecule has 0 atom stereocenters. The number of hydrogen-bond acceptors (Lipinski definition) is 9. The van der Waals surface area contributed by atoms with Crippen molar-refractivity contribution in [2.24, 2.45) is 12.1 Å². The predicted octanol–water partition coefficient (Wildman–Crippen LogP) is 1.54. The second kappa shape index (κ2) is 8.19. The van der Waals surface area contributed by atoms with E-state index in [9.17, 15) is 22.6 Å². The van der Waals surface area contributed by atoms with Crippen molar-refractivity contribution in [2.45, 2.75) is 23.6 Å². The largest absolute Gasteiger partial charge is 0.744 e. The summed E-state index contributed by atoms with van der Waals surface area (Å²) in [6, 6.07) is 11.6. The van der Waals surface area contributed by atoms with Gasteiger partial charge in [-0.1, -0.05) is 23.9 Å². The Hall–Kier alpha value is -3.19. The summed E-state index contributed by atoms with van der Waals surface area (Å²) in [5.41, 5.74) is 2.29. The minimum atomic E-state index is -4.62. The Morgan fingerprint density at radius 2 is 1.71 bits per heavy atom. The van der Waals surface area contributed by atoms with E-state index in [4.69, 9.17) is 0 Å². The summed E-state index contributed by atoms with van der Waals surface area (Å²) >= 11 is 2.75. The number of thioether (sulfide) groups is 1. The Morgan fingerprint density at radius 1 is 1.00 bits per heavy atom. The van der Waals surface area contributed by atoms with Crippen LogP contribution in [0.3, 0.4) is 0 Å². The number of para-hydroxylation sites is 1. The zero-order valence-corrected chi connectivity index (χ0v) is 21.5. The first-order valence-corrected chi connectivity index (χ1v) is 13.4. The normalized spacial score (nSPS) is 18.9. The van der Waals surface area contributed by atoms with Crippen molar-refractivity contribution < 1.29 is 17.8 Å². The third kappa shape index (κ3) is 3.73. The number of rotatable bonds is 2. The van der Waals surface area contributed by atoms with Gasteiger partial charge in [-0.2, -0.15) is 10.1 Å². The quantitative estimate of drug-likeness (QED) is 0.465. The van der Waals surface area contributed by atoms with Crippen LogP contribution in [0, 0.1) is 6.92 Å². The summed E-state index contributed by atoms with van der Waals surface area (Å²) in [6.07, 6.45) is 0. The topological polar surface area (TPSA) is 115 Å². The molecular weight excluding hydrogens is 508 g/mol. The number of aromatic nitrogens is 1. The van der Waals surface area contributed by atoms with E-state index in [0.29, 0.717) is 31.7 Å². The lowest BCUT2D eigenvalue weighted by Gasteiger charge is -2.16. The Bertz CT molecular complexity index is 1750. The average molecular weight is 528 g/mol. The predicted molar refractivity (Wildman–Crippen MR) is 136 cm³/mol. The number of thiazole rings is 1. The van der Waals surface area contributed by atoms with Gasteiger partial charge in [0.15, 0.2) is 0 Å². The Balaban J connectivity index is 1.65. The maximum Gasteiger partial charge on any atom is 0.283 e. The summed E-state index contributed by atoms with van der Waals surface area (Å²) < 4.78 is 36.5. The van der Waals surface area contributed by atoms with Gasteiger partial charge in [-0.15, -0.1) is 11.3 Å². The molecule has 0 aliphatic carbocycles. The van der Waals surface area contributed by atoms with E-state index < -0.39 is 16.0 Å². The minimum Gasteiger partial charge on any atom is -0.744 e. The lowest BCUT2D eigenvalue weighted by molar-refractivity contribution is -0.112. The highest BCUT2D eigenvalue weighted by Crippen LogP contribution is 2.44. The molecule has 0 saturated carbocycles. The maximum atomic E-state index is 13.5. The molecule has 2 aliphatic heterocycles. The van der Waals surface area contributed by atoms with Crippen molar-refractivity contribution in [1.29, 1.82) is 0 Å². The zero-order valence-electron chi connectivity index (χ0n) is 19.1. The molecule has 0 bridgehead atoms. The van der Waals surface area contributed by atoms with E-state index in [1.165, 1.54) is 44.8 Å². The molecule has 0 saturated heterocycles. The lowest BCUT2D eigenvalue weighted by atomic mass is 10.1. The van der Waals surface area contributed by atoms with Gasteiger partial charge >= 0.3 is 0 Å². The van der Waals surface area contributed by atoms with Crippen LogP contribution in [0.2, 0.25) is 0 Å². The van der Waals surface area contributed by atoms with E-state index in [0.717, 1.165) is 21.7 Å². The highest BCUT2D eigenvalue weighted by molar-refractivity contribution is 8.08. The molecule has 12 heteroatoms. The van der Waals surface area contributed by atoms with Crippen LogP contribution in [-0.2, 0) is 22.0 Å². The van der Waals surface area contributed by atoms with Gasteiger partial charge in [0, 0.05) is 19.0 Å². The molecule has 3 heterocycles. The highest BCUT2D eigenvalue weighted by Gasteiger charge is 2.32. The molecular formula is C23H19N4O5S3-. The number of carbonyl (C=O) groups is 1. The van der Waals surface area contributed by atoms with Crippen LogP contribution in [0.1, 0.15) is 12.5 Å². The van der Waals surface area contributed by atoms with Crippen LogP contribution >= 0.6 is 23.1 Å².